The average molecular weight is 400 g/mol. The number of nitrogens with zero attached hydrogens (tertiary/aromatic N) is 2. The molecule has 1 fully saturated rings. The van der Waals surface area contributed by atoms with E-state index in [1.54, 1.807) is 0 Å². The number of nitrogens with one attached hydrogen (secondary N) is 2. The predicted octanol–water partition coefficient (Wildman–Crippen LogP) is 1.53. The molecule has 0 radical (unpaired) electrons. The summed E-state index contributed by atoms with van der Waals surface area (Å²) in [6.45, 7) is 6.31. The van der Waals surface area contributed by atoms with Gasteiger partial charge >= 0.3 is 0 Å². The van der Waals surface area contributed by atoms with Gasteiger partial charge < -0.3 is 15.5 Å². The van der Waals surface area contributed by atoms with Gasteiger partial charge in [0, 0.05) is 38.6 Å². The monoisotopic (exact) mass is 400 g/mol. The van der Waals surface area contributed by atoms with Crippen molar-refractivity contribution in [3.8, 4) is 0 Å². The maximum atomic E-state index is 12.1. The number of likely N-dealkylation sites (tertiary alicyclic amines) is 1. The second-order valence-electron chi connectivity index (χ2n) is 4.63. The number of carbonyl (C=O) groups excluding carboxylic acids is 1. The zero-order valence-electron chi connectivity index (χ0n) is 12.3. The molecule has 1 saturated heterocycles. The molecule has 0 aliphatic carbocycles. The molecule has 1 amide bonds. The Labute approximate surface area is 137 Å². The van der Waals surface area contributed by atoms with E-state index in [-0.39, 0.29) is 42.6 Å². The lowest BCUT2D eigenvalue weighted by atomic mass is 10.3. The van der Waals surface area contributed by atoms with E-state index >= 15 is 0 Å². The molecule has 1 aliphatic heterocycles. The van der Waals surface area contributed by atoms with Crippen LogP contribution in [0.25, 0.3) is 0 Å². The number of alkyl halides is 1. The number of aliphatic imine (C=N–C) groups is 1. The maximum absolute atomic E-state index is 12.1. The minimum Gasteiger partial charge on any atom is -0.357 e. The van der Waals surface area contributed by atoms with Crippen molar-refractivity contribution in [1.29, 1.82) is 0 Å². The molecule has 1 heterocycles. The smallest absolute Gasteiger partial charge is 0.222 e. The summed E-state index contributed by atoms with van der Waals surface area (Å²) in [6, 6.07) is 0.235. The maximum Gasteiger partial charge on any atom is 0.222 e. The zero-order chi connectivity index (χ0) is 14.1. The van der Waals surface area contributed by atoms with Crippen molar-refractivity contribution in [2.75, 3.05) is 32.9 Å². The molecular weight excluding hydrogens is 374 g/mol. The Bertz CT molecular complexity index is 315. The Morgan fingerprint density at radius 2 is 2.20 bits per heavy atom. The van der Waals surface area contributed by atoms with E-state index in [4.69, 9.17) is 0 Å². The molecule has 0 aromatic heterocycles. The lowest BCUT2D eigenvalue weighted by molar-refractivity contribution is -0.129. The predicted molar refractivity (Wildman–Crippen MR) is 90.4 cm³/mol. The summed E-state index contributed by atoms with van der Waals surface area (Å²) in [4.78, 5) is 17.8. The van der Waals surface area contributed by atoms with Gasteiger partial charge in [-0.1, -0.05) is 6.92 Å². The Kier molecular flexibility index (Phi) is 10.8. The van der Waals surface area contributed by atoms with Crippen molar-refractivity contribution >= 4 is 35.8 Å². The third kappa shape index (κ3) is 6.71. The van der Waals surface area contributed by atoms with Crippen LogP contribution >= 0.6 is 24.0 Å². The van der Waals surface area contributed by atoms with Gasteiger partial charge in [0.05, 0.1) is 6.67 Å². The second kappa shape index (κ2) is 11.1. The van der Waals surface area contributed by atoms with Gasteiger partial charge in [-0.3, -0.25) is 14.2 Å². The lowest BCUT2D eigenvalue weighted by Crippen LogP contribution is -2.45. The number of amides is 1. The van der Waals surface area contributed by atoms with Crippen molar-refractivity contribution in [2.24, 2.45) is 4.99 Å². The highest BCUT2D eigenvalue weighted by Gasteiger charge is 2.25. The Balaban J connectivity index is 0.00000361. The molecule has 7 heteroatoms. The molecule has 0 aromatic rings. The molecule has 0 bridgehead atoms. The third-order valence-corrected chi connectivity index (χ3v) is 3.09. The average Bonchev–Trinajstić information content (AvgIpc) is 2.87. The largest absolute Gasteiger partial charge is 0.357 e. The topological polar surface area (TPSA) is 56.7 Å². The van der Waals surface area contributed by atoms with Crippen LogP contribution in [0.15, 0.2) is 4.99 Å². The van der Waals surface area contributed by atoms with E-state index < -0.39 is 0 Å². The zero-order valence-corrected chi connectivity index (χ0v) is 14.7. The van der Waals surface area contributed by atoms with E-state index in [0.717, 1.165) is 26.1 Å². The molecule has 1 rings (SSSR count). The van der Waals surface area contributed by atoms with E-state index in [1.807, 2.05) is 18.7 Å². The number of hydrogen-bond donors (Lipinski definition) is 2. The SMILES string of the molecule is CCNC(=NCCCF)NC1CCN(C(=O)CC)C1.I. The van der Waals surface area contributed by atoms with Gasteiger partial charge in [0.15, 0.2) is 5.96 Å². The number of hydrogen-bond acceptors (Lipinski definition) is 2. The fraction of sp³-hybridized carbons (Fsp3) is 0.846. The van der Waals surface area contributed by atoms with Crippen LogP contribution in [-0.4, -0.2) is 55.7 Å². The first kappa shape index (κ1) is 19.4. The molecular formula is C13H26FIN4O. The van der Waals surface area contributed by atoms with Gasteiger partial charge in [0.1, 0.15) is 0 Å². The molecule has 1 atom stereocenters. The van der Waals surface area contributed by atoms with Gasteiger partial charge in [-0.15, -0.1) is 24.0 Å². The molecule has 2 N–H and O–H groups in total. The molecule has 1 unspecified atom stereocenters. The van der Waals surface area contributed by atoms with Crippen molar-refractivity contribution < 1.29 is 9.18 Å². The number of rotatable bonds is 6. The summed E-state index contributed by atoms with van der Waals surface area (Å²) in [6.07, 6.45) is 1.93. The highest BCUT2D eigenvalue weighted by Crippen LogP contribution is 2.10. The van der Waals surface area contributed by atoms with Crippen molar-refractivity contribution in [3.63, 3.8) is 0 Å². The Morgan fingerprint density at radius 3 is 2.80 bits per heavy atom. The highest BCUT2D eigenvalue weighted by molar-refractivity contribution is 14.0. The Morgan fingerprint density at radius 1 is 1.45 bits per heavy atom. The number of guanidine groups is 1. The normalized spacial score (nSPS) is 18.6. The van der Waals surface area contributed by atoms with Gasteiger partial charge in [-0.2, -0.15) is 0 Å². The summed E-state index contributed by atoms with van der Waals surface area (Å²) in [5, 5.41) is 6.45. The minimum atomic E-state index is -0.342. The van der Waals surface area contributed by atoms with Gasteiger partial charge in [0.2, 0.25) is 5.91 Å². The molecule has 1 aliphatic rings. The first-order valence-corrected chi connectivity index (χ1v) is 7.09. The quantitative estimate of drug-likeness (QED) is 0.308. The second-order valence-corrected chi connectivity index (χ2v) is 4.63. The highest BCUT2D eigenvalue weighted by atomic mass is 127. The molecule has 0 saturated carbocycles. The van der Waals surface area contributed by atoms with Gasteiger partial charge in [-0.05, 0) is 19.8 Å². The van der Waals surface area contributed by atoms with E-state index in [0.29, 0.717) is 25.3 Å². The molecule has 20 heavy (non-hydrogen) atoms. The molecule has 0 aromatic carbocycles. The van der Waals surface area contributed by atoms with Crippen LogP contribution < -0.4 is 10.6 Å². The van der Waals surface area contributed by atoms with E-state index in [2.05, 4.69) is 15.6 Å². The van der Waals surface area contributed by atoms with Crippen LogP contribution in [0.5, 0.6) is 0 Å². The molecule has 0 spiro atoms. The van der Waals surface area contributed by atoms with Crippen LogP contribution in [0.1, 0.15) is 33.1 Å². The van der Waals surface area contributed by atoms with Crippen molar-refractivity contribution in [1.82, 2.24) is 15.5 Å². The number of halogens is 2. The standard InChI is InChI=1S/C13H25FN4O.HI/c1-3-12(19)18-9-6-11(10-18)17-13(15-4-2)16-8-5-7-14;/h11H,3-10H2,1-2H3,(H2,15,16,17);1H. The molecule has 5 nitrogen and oxygen atoms in total. The number of carbonyl (C=O) groups is 1. The van der Waals surface area contributed by atoms with E-state index in [1.165, 1.54) is 0 Å². The Hall–Kier alpha value is -0.600. The fourth-order valence-electron chi connectivity index (χ4n) is 2.09. The molecule has 118 valence electrons. The first-order valence-electron chi connectivity index (χ1n) is 7.09. The van der Waals surface area contributed by atoms with Crippen LogP contribution in [0, 0.1) is 0 Å². The summed E-state index contributed by atoms with van der Waals surface area (Å²) in [5.74, 6) is 0.912. The first-order chi connectivity index (χ1) is 9.21. The van der Waals surface area contributed by atoms with Crippen LogP contribution in [-0.2, 0) is 4.79 Å². The summed E-state index contributed by atoms with van der Waals surface area (Å²) in [5.41, 5.74) is 0. The van der Waals surface area contributed by atoms with Crippen LogP contribution in [0.3, 0.4) is 0 Å². The summed E-state index contributed by atoms with van der Waals surface area (Å²) >= 11 is 0. The van der Waals surface area contributed by atoms with Gasteiger partial charge in [-0.25, -0.2) is 0 Å². The van der Waals surface area contributed by atoms with Crippen LogP contribution in [0.4, 0.5) is 4.39 Å². The lowest BCUT2D eigenvalue weighted by Gasteiger charge is -2.18. The summed E-state index contributed by atoms with van der Waals surface area (Å²) < 4.78 is 12.1. The van der Waals surface area contributed by atoms with Gasteiger partial charge in [0.25, 0.3) is 0 Å². The van der Waals surface area contributed by atoms with Crippen molar-refractivity contribution in [2.45, 2.75) is 39.2 Å². The third-order valence-electron chi connectivity index (χ3n) is 3.09. The van der Waals surface area contributed by atoms with Crippen molar-refractivity contribution in [3.05, 3.63) is 0 Å². The van der Waals surface area contributed by atoms with Crippen LogP contribution in [0.2, 0.25) is 0 Å². The fourth-order valence-corrected chi connectivity index (χ4v) is 2.09. The minimum absolute atomic E-state index is 0. The summed E-state index contributed by atoms with van der Waals surface area (Å²) in [7, 11) is 0. The van der Waals surface area contributed by atoms with E-state index in [9.17, 15) is 9.18 Å².